The molecule has 0 amide bonds. The lowest BCUT2D eigenvalue weighted by molar-refractivity contribution is -0.384. The van der Waals surface area contributed by atoms with Crippen LogP contribution >= 0.6 is 11.6 Å². The quantitative estimate of drug-likeness (QED) is 0.321. The third kappa shape index (κ3) is 2.53. The summed E-state index contributed by atoms with van der Waals surface area (Å²) in [6, 6.07) is 4.32. The first-order valence-electron chi connectivity index (χ1n) is 6.63. The summed E-state index contributed by atoms with van der Waals surface area (Å²) in [5.41, 5.74) is 7.16. The SMILES string of the molecule is CCCNNc1nc(Cl)nc2c1oc1ccc([N+](=O)[O-])cc12. The number of nitro benzene ring substituents is 1. The normalized spacial score (nSPS) is 11.2. The van der Waals surface area contributed by atoms with E-state index in [4.69, 9.17) is 16.0 Å². The van der Waals surface area contributed by atoms with Crippen LogP contribution in [0.25, 0.3) is 22.1 Å². The van der Waals surface area contributed by atoms with Gasteiger partial charge in [-0.2, -0.15) is 4.98 Å². The third-order valence-electron chi connectivity index (χ3n) is 3.06. The van der Waals surface area contributed by atoms with E-state index in [1.807, 2.05) is 6.92 Å². The zero-order chi connectivity index (χ0) is 15.7. The van der Waals surface area contributed by atoms with Crippen molar-refractivity contribution in [3.05, 3.63) is 33.6 Å². The minimum atomic E-state index is -0.469. The van der Waals surface area contributed by atoms with Gasteiger partial charge in [-0.05, 0) is 24.1 Å². The van der Waals surface area contributed by atoms with E-state index < -0.39 is 4.92 Å². The summed E-state index contributed by atoms with van der Waals surface area (Å²) in [6.45, 7) is 2.76. The summed E-state index contributed by atoms with van der Waals surface area (Å²) < 4.78 is 5.70. The van der Waals surface area contributed by atoms with E-state index in [9.17, 15) is 10.1 Å². The van der Waals surface area contributed by atoms with Crippen molar-refractivity contribution in [2.45, 2.75) is 13.3 Å². The van der Waals surface area contributed by atoms with Gasteiger partial charge in [0.15, 0.2) is 11.4 Å². The average molecular weight is 322 g/mol. The Balaban J connectivity index is 2.18. The molecule has 0 fully saturated rings. The van der Waals surface area contributed by atoms with Crippen molar-refractivity contribution in [2.75, 3.05) is 12.0 Å². The van der Waals surface area contributed by atoms with Gasteiger partial charge in [0.2, 0.25) is 5.28 Å². The molecule has 2 N–H and O–H groups in total. The molecule has 2 heterocycles. The van der Waals surface area contributed by atoms with Gasteiger partial charge in [-0.25, -0.2) is 10.4 Å². The van der Waals surface area contributed by atoms with Gasteiger partial charge >= 0.3 is 0 Å². The zero-order valence-corrected chi connectivity index (χ0v) is 12.3. The first kappa shape index (κ1) is 14.5. The Morgan fingerprint density at radius 2 is 2.23 bits per heavy atom. The third-order valence-corrected chi connectivity index (χ3v) is 3.23. The van der Waals surface area contributed by atoms with Gasteiger partial charge in [0.1, 0.15) is 11.1 Å². The van der Waals surface area contributed by atoms with Gasteiger partial charge in [0, 0.05) is 18.7 Å². The number of non-ortho nitro benzene ring substituents is 1. The lowest BCUT2D eigenvalue weighted by Gasteiger charge is -2.06. The fourth-order valence-electron chi connectivity index (χ4n) is 2.07. The van der Waals surface area contributed by atoms with Crippen LogP contribution in [-0.2, 0) is 0 Å². The Kier molecular flexibility index (Phi) is 3.78. The Labute approximate surface area is 129 Å². The number of hydrogen-bond donors (Lipinski definition) is 2. The Hall–Kier alpha value is -2.45. The van der Waals surface area contributed by atoms with Crippen LogP contribution in [0.5, 0.6) is 0 Å². The predicted octanol–water partition coefficient (Wildman–Crippen LogP) is 3.26. The molecular formula is C13H12ClN5O3. The first-order chi connectivity index (χ1) is 10.6. The molecule has 0 saturated carbocycles. The predicted molar refractivity (Wildman–Crippen MR) is 82.9 cm³/mol. The molecule has 3 aromatic rings. The van der Waals surface area contributed by atoms with Crippen LogP contribution < -0.4 is 10.9 Å². The van der Waals surface area contributed by atoms with E-state index in [1.165, 1.54) is 18.2 Å². The van der Waals surface area contributed by atoms with Crippen LogP contribution in [0.15, 0.2) is 22.6 Å². The standard InChI is InChI=1S/C13H12ClN5O3/c1-2-5-15-18-12-11-10(16-13(14)17-12)8-6-7(19(20)21)3-4-9(8)22-11/h3-4,6,15H,2,5H2,1H3,(H,16,17,18). The number of nitro groups is 1. The average Bonchev–Trinajstić information content (AvgIpc) is 2.85. The topological polar surface area (TPSA) is 106 Å². The number of nitrogens with one attached hydrogen (secondary N) is 2. The van der Waals surface area contributed by atoms with Crippen molar-refractivity contribution in [1.82, 2.24) is 15.4 Å². The molecular weight excluding hydrogens is 310 g/mol. The molecule has 0 aliphatic rings. The fourth-order valence-corrected chi connectivity index (χ4v) is 2.24. The van der Waals surface area contributed by atoms with E-state index in [1.54, 1.807) is 0 Å². The number of anilines is 1. The number of aromatic nitrogens is 2. The molecule has 0 radical (unpaired) electrons. The fraction of sp³-hybridized carbons (Fsp3) is 0.231. The van der Waals surface area contributed by atoms with Crippen molar-refractivity contribution >= 4 is 45.2 Å². The maximum absolute atomic E-state index is 10.9. The summed E-state index contributed by atoms with van der Waals surface area (Å²) >= 11 is 5.93. The number of halogens is 1. The molecule has 114 valence electrons. The van der Waals surface area contributed by atoms with Crippen LogP contribution in [0, 0.1) is 10.1 Å². The molecule has 0 aliphatic heterocycles. The summed E-state index contributed by atoms with van der Waals surface area (Å²) in [5, 5.41) is 11.5. The van der Waals surface area contributed by atoms with Crippen LogP contribution in [-0.4, -0.2) is 21.4 Å². The molecule has 0 aliphatic carbocycles. The molecule has 9 heteroatoms. The van der Waals surface area contributed by atoms with Crippen molar-refractivity contribution in [1.29, 1.82) is 0 Å². The highest BCUT2D eigenvalue weighted by molar-refractivity contribution is 6.29. The maximum atomic E-state index is 10.9. The minimum Gasteiger partial charge on any atom is -0.450 e. The van der Waals surface area contributed by atoms with Crippen LogP contribution in [0.1, 0.15) is 13.3 Å². The molecule has 0 bridgehead atoms. The Morgan fingerprint density at radius 3 is 2.95 bits per heavy atom. The highest BCUT2D eigenvalue weighted by Gasteiger charge is 2.17. The molecule has 22 heavy (non-hydrogen) atoms. The van der Waals surface area contributed by atoms with Gasteiger partial charge in [-0.15, -0.1) is 0 Å². The maximum Gasteiger partial charge on any atom is 0.270 e. The van der Waals surface area contributed by atoms with Gasteiger partial charge in [-0.1, -0.05) is 6.92 Å². The lowest BCUT2D eigenvalue weighted by Crippen LogP contribution is -2.23. The van der Waals surface area contributed by atoms with Gasteiger partial charge in [0.25, 0.3) is 5.69 Å². The van der Waals surface area contributed by atoms with Crippen molar-refractivity contribution in [3.63, 3.8) is 0 Å². The number of rotatable bonds is 5. The number of furan rings is 1. The van der Waals surface area contributed by atoms with E-state index >= 15 is 0 Å². The second-order valence-corrected chi connectivity index (χ2v) is 4.95. The van der Waals surface area contributed by atoms with Crippen LogP contribution in [0.3, 0.4) is 0 Å². The number of benzene rings is 1. The number of nitrogens with zero attached hydrogens (tertiary/aromatic N) is 3. The summed E-state index contributed by atoms with van der Waals surface area (Å²) in [4.78, 5) is 18.6. The summed E-state index contributed by atoms with van der Waals surface area (Å²) in [6.07, 6.45) is 0.932. The highest BCUT2D eigenvalue weighted by atomic mass is 35.5. The molecule has 3 rings (SSSR count). The second kappa shape index (κ2) is 5.74. The van der Waals surface area contributed by atoms with Gasteiger partial charge in [0.05, 0.1) is 10.3 Å². The largest absolute Gasteiger partial charge is 0.450 e. The number of hydrazine groups is 1. The Morgan fingerprint density at radius 1 is 1.41 bits per heavy atom. The lowest BCUT2D eigenvalue weighted by atomic mass is 10.2. The van der Waals surface area contributed by atoms with Gasteiger partial charge in [-0.3, -0.25) is 10.1 Å². The summed E-state index contributed by atoms with van der Waals surface area (Å²) in [7, 11) is 0. The monoisotopic (exact) mass is 321 g/mol. The molecule has 1 aromatic carbocycles. The van der Waals surface area contributed by atoms with E-state index in [0.717, 1.165) is 13.0 Å². The molecule has 0 saturated heterocycles. The molecule has 0 atom stereocenters. The van der Waals surface area contributed by atoms with Crippen molar-refractivity contribution < 1.29 is 9.34 Å². The number of fused-ring (bicyclic) bond motifs is 3. The molecule has 2 aromatic heterocycles. The van der Waals surface area contributed by atoms with Gasteiger partial charge < -0.3 is 9.84 Å². The van der Waals surface area contributed by atoms with E-state index in [-0.39, 0.29) is 11.0 Å². The number of hydrogen-bond acceptors (Lipinski definition) is 7. The highest BCUT2D eigenvalue weighted by Crippen LogP contribution is 2.33. The van der Waals surface area contributed by atoms with E-state index in [2.05, 4.69) is 20.8 Å². The smallest absolute Gasteiger partial charge is 0.270 e. The molecule has 0 spiro atoms. The Bertz CT molecular complexity index is 864. The van der Waals surface area contributed by atoms with E-state index in [0.29, 0.717) is 27.9 Å². The van der Waals surface area contributed by atoms with Crippen molar-refractivity contribution in [3.8, 4) is 0 Å². The first-order valence-corrected chi connectivity index (χ1v) is 7.01. The minimum absolute atomic E-state index is 0.0301. The zero-order valence-electron chi connectivity index (χ0n) is 11.6. The van der Waals surface area contributed by atoms with Crippen LogP contribution in [0.2, 0.25) is 5.28 Å². The molecule has 8 nitrogen and oxygen atoms in total. The molecule has 0 unspecified atom stereocenters. The van der Waals surface area contributed by atoms with Crippen molar-refractivity contribution in [2.24, 2.45) is 0 Å². The second-order valence-electron chi connectivity index (χ2n) is 4.61. The van der Waals surface area contributed by atoms with Crippen LogP contribution in [0.4, 0.5) is 11.5 Å². The summed E-state index contributed by atoms with van der Waals surface area (Å²) in [5.74, 6) is 0.391.